The molecule has 0 aliphatic rings. The van der Waals surface area contributed by atoms with Crippen LogP contribution in [0.4, 0.5) is 5.69 Å². The quantitative estimate of drug-likeness (QED) is 0.687. The second-order valence-corrected chi connectivity index (χ2v) is 3.13. The van der Waals surface area contributed by atoms with Gasteiger partial charge in [0.25, 0.3) is 0 Å². The van der Waals surface area contributed by atoms with Crippen LogP contribution in [0.25, 0.3) is 0 Å². The molecule has 0 aliphatic carbocycles. The van der Waals surface area contributed by atoms with Crippen molar-refractivity contribution in [3.05, 3.63) is 53.4 Å². The van der Waals surface area contributed by atoms with Crippen LogP contribution in [0.2, 0.25) is 5.02 Å². The first-order valence-electron chi connectivity index (χ1n) is 4.18. The topological polar surface area (TPSA) is 25.5 Å². The third kappa shape index (κ3) is 2.03. The van der Waals surface area contributed by atoms with E-state index in [2.05, 4.69) is 4.99 Å². The molecule has 0 saturated carbocycles. The molecule has 70 valence electrons. The molecule has 2 rings (SSSR count). The molecule has 1 aromatic carbocycles. The highest BCUT2D eigenvalue weighted by molar-refractivity contribution is 6.33. The van der Waals surface area contributed by atoms with Crippen molar-refractivity contribution < 1.29 is 4.42 Å². The maximum absolute atomic E-state index is 5.92. The van der Waals surface area contributed by atoms with Gasteiger partial charge in [-0.1, -0.05) is 23.7 Å². The van der Waals surface area contributed by atoms with Crippen LogP contribution in [0.1, 0.15) is 5.76 Å². The van der Waals surface area contributed by atoms with Crippen LogP contribution in [0, 0.1) is 0 Å². The zero-order valence-electron chi connectivity index (χ0n) is 7.35. The van der Waals surface area contributed by atoms with Crippen LogP contribution in [-0.2, 0) is 0 Å². The number of nitrogens with zero attached hydrogens (tertiary/aromatic N) is 1. The second-order valence-electron chi connectivity index (χ2n) is 2.73. The number of aliphatic imine (C=N–C) groups is 1. The van der Waals surface area contributed by atoms with Crippen molar-refractivity contribution in [2.75, 3.05) is 0 Å². The maximum atomic E-state index is 5.92. The van der Waals surface area contributed by atoms with Gasteiger partial charge in [-0.05, 0) is 24.3 Å². The number of rotatable bonds is 2. The third-order valence-corrected chi connectivity index (χ3v) is 2.05. The number of halogens is 1. The van der Waals surface area contributed by atoms with Gasteiger partial charge in [-0.15, -0.1) is 0 Å². The van der Waals surface area contributed by atoms with E-state index in [0.717, 1.165) is 5.69 Å². The molecule has 2 aromatic rings. The fraction of sp³-hybridized carbons (Fsp3) is 0. The number of para-hydroxylation sites is 1. The first kappa shape index (κ1) is 9.03. The number of hydrogen-bond donors (Lipinski definition) is 0. The van der Waals surface area contributed by atoms with Crippen molar-refractivity contribution in [3.63, 3.8) is 0 Å². The Morgan fingerprint density at radius 1 is 1.14 bits per heavy atom. The number of benzene rings is 1. The molecule has 0 N–H and O–H groups in total. The van der Waals surface area contributed by atoms with E-state index in [0.29, 0.717) is 10.8 Å². The Hall–Kier alpha value is -1.54. The lowest BCUT2D eigenvalue weighted by Gasteiger charge is -1.94. The van der Waals surface area contributed by atoms with Crippen molar-refractivity contribution in [2.24, 2.45) is 4.99 Å². The van der Waals surface area contributed by atoms with Crippen LogP contribution >= 0.6 is 11.6 Å². The molecular formula is C11H8ClNO. The summed E-state index contributed by atoms with van der Waals surface area (Å²) in [6.45, 7) is 0. The van der Waals surface area contributed by atoms with Gasteiger partial charge in [0.15, 0.2) is 0 Å². The van der Waals surface area contributed by atoms with Gasteiger partial charge < -0.3 is 4.42 Å². The predicted octanol–water partition coefficient (Wildman–Crippen LogP) is 3.68. The summed E-state index contributed by atoms with van der Waals surface area (Å²) in [6.07, 6.45) is 3.25. The minimum absolute atomic E-state index is 0.635. The molecule has 14 heavy (non-hydrogen) atoms. The van der Waals surface area contributed by atoms with Crippen LogP contribution < -0.4 is 0 Å². The zero-order valence-corrected chi connectivity index (χ0v) is 8.11. The van der Waals surface area contributed by atoms with Crippen molar-refractivity contribution in [3.8, 4) is 0 Å². The fourth-order valence-electron chi connectivity index (χ4n) is 1.05. The highest BCUT2D eigenvalue weighted by atomic mass is 35.5. The molecule has 1 heterocycles. The largest absolute Gasteiger partial charge is 0.463 e. The molecule has 0 unspecified atom stereocenters. The summed E-state index contributed by atoms with van der Waals surface area (Å²) in [5.74, 6) is 0.713. The van der Waals surface area contributed by atoms with Gasteiger partial charge in [0, 0.05) is 0 Å². The maximum Gasteiger partial charge on any atom is 0.144 e. The Kier molecular flexibility index (Phi) is 2.65. The summed E-state index contributed by atoms with van der Waals surface area (Å²) in [5.41, 5.74) is 0.741. The van der Waals surface area contributed by atoms with Gasteiger partial charge in [-0.25, -0.2) is 0 Å². The van der Waals surface area contributed by atoms with Crippen LogP contribution in [-0.4, -0.2) is 6.21 Å². The van der Waals surface area contributed by atoms with Crippen molar-refractivity contribution in [2.45, 2.75) is 0 Å². The Labute approximate surface area is 86.8 Å². The standard InChI is InChI=1S/C11H8ClNO/c12-10-5-1-2-6-11(10)13-8-9-4-3-7-14-9/h1-8H. The fourth-order valence-corrected chi connectivity index (χ4v) is 1.24. The minimum atomic E-state index is 0.635. The highest BCUT2D eigenvalue weighted by Crippen LogP contribution is 2.23. The van der Waals surface area contributed by atoms with E-state index in [1.807, 2.05) is 30.3 Å². The first-order valence-corrected chi connectivity index (χ1v) is 4.56. The lowest BCUT2D eigenvalue weighted by molar-refractivity contribution is 0.560. The van der Waals surface area contributed by atoms with Gasteiger partial charge in [0.2, 0.25) is 0 Å². The molecule has 1 aromatic heterocycles. The van der Waals surface area contributed by atoms with Crippen LogP contribution in [0.15, 0.2) is 52.1 Å². The summed E-state index contributed by atoms with van der Waals surface area (Å²) < 4.78 is 5.10. The monoisotopic (exact) mass is 205 g/mol. The average Bonchev–Trinajstić information content (AvgIpc) is 2.69. The molecule has 0 spiro atoms. The SMILES string of the molecule is Clc1ccccc1N=Cc1ccco1. The molecular weight excluding hydrogens is 198 g/mol. The van der Waals surface area contributed by atoms with Gasteiger partial charge in [-0.3, -0.25) is 4.99 Å². The Bertz CT molecular complexity index is 434. The van der Waals surface area contributed by atoms with Gasteiger partial charge >= 0.3 is 0 Å². The molecule has 0 atom stereocenters. The molecule has 2 nitrogen and oxygen atoms in total. The highest BCUT2D eigenvalue weighted by Gasteiger charge is 1.95. The third-order valence-electron chi connectivity index (χ3n) is 1.73. The number of hydrogen-bond acceptors (Lipinski definition) is 2. The van der Waals surface area contributed by atoms with Crippen LogP contribution in [0.3, 0.4) is 0 Å². The molecule has 0 saturated heterocycles. The van der Waals surface area contributed by atoms with E-state index < -0.39 is 0 Å². The van der Waals surface area contributed by atoms with Crippen LogP contribution in [0.5, 0.6) is 0 Å². The van der Waals surface area contributed by atoms with E-state index in [9.17, 15) is 0 Å². The Balaban J connectivity index is 2.23. The molecule has 0 bridgehead atoms. The van der Waals surface area contributed by atoms with Gasteiger partial charge in [0.1, 0.15) is 5.76 Å². The molecule has 0 amide bonds. The van der Waals surface area contributed by atoms with E-state index in [4.69, 9.17) is 16.0 Å². The molecule has 0 aliphatic heterocycles. The summed E-state index contributed by atoms with van der Waals surface area (Å²) in [4.78, 5) is 4.20. The molecule has 0 fully saturated rings. The van der Waals surface area contributed by atoms with Crippen molar-refractivity contribution >= 4 is 23.5 Å². The molecule has 0 radical (unpaired) electrons. The molecule has 3 heteroatoms. The predicted molar refractivity (Wildman–Crippen MR) is 57.4 cm³/mol. The Morgan fingerprint density at radius 3 is 2.71 bits per heavy atom. The van der Waals surface area contributed by atoms with E-state index >= 15 is 0 Å². The first-order chi connectivity index (χ1) is 6.86. The number of furan rings is 1. The summed E-state index contributed by atoms with van der Waals surface area (Å²) in [6, 6.07) is 11.1. The minimum Gasteiger partial charge on any atom is -0.463 e. The van der Waals surface area contributed by atoms with Crippen molar-refractivity contribution in [1.29, 1.82) is 0 Å². The summed E-state index contributed by atoms with van der Waals surface area (Å²) >= 11 is 5.92. The summed E-state index contributed by atoms with van der Waals surface area (Å²) in [7, 11) is 0. The lowest BCUT2D eigenvalue weighted by Crippen LogP contribution is -1.74. The van der Waals surface area contributed by atoms with Crippen molar-refractivity contribution in [1.82, 2.24) is 0 Å². The zero-order chi connectivity index (χ0) is 9.80. The Morgan fingerprint density at radius 2 is 2.00 bits per heavy atom. The average molecular weight is 206 g/mol. The smallest absolute Gasteiger partial charge is 0.144 e. The normalized spacial score (nSPS) is 10.9. The van der Waals surface area contributed by atoms with E-state index in [1.54, 1.807) is 18.5 Å². The van der Waals surface area contributed by atoms with E-state index in [-0.39, 0.29) is 0 Å². The lowest BCUT2D eigenvalue weighted by atomic mass is 10.3. The second kappa shape index (κ2) is 4.11. The van der Waals surface area contributed by atoms with E-state index in [1.165, 1.54) is 0 Å². The van der Waals surface area contributed by atoms with Gasteiger partial charge in [-0.2, -0.15) is 0 Å². The van der Waals surface area contributed by atoms with Gasteiger partial charge in [0.05, 0.1) is 23.2 Å². The summed E-state index contributed by atoms with van der Waals surface area (Å²) in [5, 5.41) is 0.635.